The molecule has 0 aromatic heterocycles. The zero-order valence-corrected chi connectivity index (χ0v) is 17.8. The van der Waals surface area contributed by atoms with E-state index in [1.807, 2.05) is 18.2 Å². The topological polar surface area (TPSA) is 68.9 Å². The van der Waals surface area contributed by atoms with Crippen LogP contribution in [0.25, 0.3) is 0 Å². The van der Waals surface area contributed by atoms with E-state index in [0.717, 1.165) is 31.4 Å². The molecule has 0 unspecified atom stereocenters. The molecule has 0 aliphatic rings. The van der Waals surface area contributed by atoms with Crippen LogP contribution < -0.4 is 20.5 Å². The molecule has 138 valence electrons. The third-order valence-corrected chi connectivity index (χ3v) is 4.77. The van der Waals surface area contributed by atoms with Gasteiger partial charge >= 0.3 is 0 Å². The highest BCUT2D eigenvalue weighted by atomic mass is 127. The van der Waals surface area contributed by atoms with Gasteiger partial charge in [-0.3, -0.25) is 0 Å². The summed E-state index contributed by atoms with van der Waals surface area (Å²) in [6.45, 7) is 8.05. The lowest BCUT2D eigenvalue weighted by molar-refractivity contribution is 0.251. The van der Waals surface area contributed by atoms with Crippen molar-refractivity contribution in [1.82, 2.24) is 5.32 Å². The summed E-state index contributed by atoms with van der Waals surface area (Å²) < 4.78 is 10.5. The maximum Gasteiger partial charge on any atom is 0.188 e. The number of hydrogen-bond acceptors (Lipinski definition) is 3. The Bertz CT molecular complexity index is 509. The second-order valence-electron chi connectivity index (χ2n) is 5.81. The molecule has 1 rings (SSSR count). The van der Waals surface area contributed by atoms with Crippen LogP contribution in [0.3, 0.4) is 0 Å². The number of ether oxygens (including phenoxy) is 2. The minimum absolute atomic E-state index is 0. The van der Waals surface area contributed by atoms with Crippen LogP contribution in [-0.4, -0.2) is 26.7 Å². The number of benzene rings is 1. The summed E-state index contributed by atoms with van der Waals surface area (Å²) in [6.07, 6.45) is 3.40. The van der Waals surface area contributed by atoms with Gasteiger partial charge in [-0.05, 0) is 42.4 Å². The molecule has 0 spiro atoms. The lowest BCUT2D eigenvalue weighted by Crippen LogP contribution is -2.40. The van der Waals surface area contributed by atoms with Crippen molar-refractivity contribution in [2.24, 2.45) is 16.1 Å². The van der Waals surface area contributed by atoms with E-state index in [2.05, 4.69) is 31.1 Å². The number of rotatable bonds is 9. The molecule has 6 heteroatoms. The highest BCUT2D eigenvalue weighted by Crippen LogP contribution is 2.29. The Labute approximate surface area is 163 Å². The molecule has 1 aromatic carbocycles. The summed E-state index contributed by atoms with van der Waals surface area (Å²) in [4.78, 5) is 4.42. The third-order valence-electron chi connectivity index (χ3n) is 4.77. The van der Waals surface area contributed by atoms with E-state index < -0.39 is 0 Å². The number of hydrogen-bond donors (Lipinski definition) is 2. The van der Waals surface area contributed by atoms with E-state index in [0.29, 0.717) is 29.4 Å². The molecule has 0 saturated carbocycles. The molecule has 24 heavy (non-hydrogen) atoms. The van der Waals surface area contributed by atoms with Gasteiger partial charge in [0.1, 0.15) is 0 Å². The predicted molar refractivity (Wildman–Crippen MR) is 112 cm³/mol. The molecule has 0 aliphatic carbocycles. The number of guanidine groups is 1. The van der Waals surface area contributed by atoms with E-state index in [1.165, 1.54) is 0 Å². The molecular weight excluding hydrogens is 417 g/mol. The van der Waals surface area contributed by atoms with Gasteiger partial charge in [-0.2, -0.15) is 0 Å². The predicted octanol–water partition coefficient (Wildman–Crippen LogP) is 3.94. The van der Waals surface area contributed by atoms with E-state index >= 15 is 0 Å². The van der Waals surface area contributed by atoms with Crippen molar-refractivity contribution in [2.75, 3.05) is 20.8 Å². The fourth-order valence-electron chi connectivity index (χ4n) is 2.61. The quantitative estimate of drug-likeness (QED) is 0.341. The first kappa shape index (κ1) is 22.8. The maximum absolute atomic E-state index is 6.00. The van der Waals surface area contributed by atoms with Crippen molar-refractivity contribution in [3.8, 4) is 11.5 Å². The Morgan fingerprint density at radius 1 is 1.08 bits per heavy atom. The largest absolute Gasteiger partial charge is 0.493 e. The molecule has 0 amide bonds. The summed E-state index contributed by atoms with van der Waals surface area (Å²) in [5, 5.41) is 3.27. The van der Waals surface area contributed by atoms with E-state index in [1.54, 1.807) is 14.2 Å². The maximum atomic E-state index is 6.00. The number of halogens is 1. The van der Waals surface area contributed by atoms with Crippen LogP contribution in [0.1, 0.15) is 45.6 Å². The average molecular weight is 449 g/mol. The van der Waals surface area contributed by atoms with E-state index in [4.69, 9.17) is 15.2 Å². The fourth-order valence-corrected chi connectivity index (χ4v) is 2.61. The van der Waals surface area contributed by atoms with Crippen molar-refractivity contribution in [2.45, 2.75) is 46.6 Å². The Morgan fingerprint density at radius 3 is 2.17 bits per heavy atom. The monoisotopic (exact) mass is 449 g/mol. The summed E-state index contributed by atoms with van der Waals surface area (Å²) in [5.41, 5.74) is 7.33. The van der Waals surface area contributed by atoms with Gasteiger partial charge in [0.15, 0.2) is 17.5 Å². The smallest absolute Gasteiger partial charge is 0.188 e. The Hall–Kier alpha value is -1.18. The molecule has 5 nitrogen and oxygen atoms in total. The Morgan fingerprint density at radius 2 is 1.67 bits per heavy atom. The Balaban J connectivity index is 0.00000529. The van der Waals surface area contributed by atoms with Crippen LogP contribution in [0.2, 0.25) is 0 Å². The third kappa shape index (κ3) is 6.37. The van der Waals surface area contributed by atoms with Crippen molar-refractivity contribution in [3.05, 3.63) is 23.8 Å². The number of nitrogens with two attached hydrogens (primary N) is 1. The average Bonchev–Trinajstić information content (AvgIpc) is 2.61. The van der Waals surface area contributed by atoms with Crippen LogP contribution >= 0.6 is 24.0 Å². The molecule has 0 radical (unpaired) electrons. The van der Waals surface area contributed by atoms with Gasteiger partial charge in [0, 0.05) is 6.54 Å². The zero-order chi connectivity index (χ0) is 17.3. The first-order valence-corrected chi connectivity index (χ1v) is 8.28. The van der Waals surface area contributed by atoms with Gasteiger partial charge < -0.3 is 20.5 Å². The standard InChI is InChI=1S/C18H31N3O2.HI/c1-6-18(7-2,8-3)13-21-17(19)20-12-14-9-10-15(22-4)16(11-14)23-5;/h9-11H,6-8,12-13H2,1-5H3,(H3,19,20,21);1H. The first-order chi connectivity index (χ1) is 11.0. The highest BCUT2D eigenvalue weighted by molar-refractivity contribution is 14.0. The van der Waals surface area contributed by atoms with Gasteiger partial charge in [0.25, 0.3) is 0 Å². The van der Waals surface area contributed by atoms with Crippen LogP contribution in [0.5, 0.6) is 11.5 Å². The highest BCUT2D eigenvalue weighted by Gasteiger charge is 2.23. The summed E-state index contributed by atoms with van der Waals surface area (Å²) in [7, 11) is 3.25. The van der Waals surface area contributed by atoms with Gasteiger partial charge in [-0.15, -0.1) is 24.0 Å². The number of nitrogens with zero attached hydrogens (tertiary/aromatic N) is 1. The van der Waals surface area contributed by atoms with Crippen LogP contribution in [-0.2, 0) is 6.54 Å². The second-order valence-corrected chi connectivity index (χ2v) is 5.81. The van der Waals surface area contributed by atoms with Gasteiger partial charge in [-0.1, -0.05) is 26.8 Å². The summed E-state index contributed by atoms with van der Waals surface area (Å²) in [5.74, 6) is 1.90. The molecule has 1 aromatic rings. The van der Waals surface area contributed by atoms with E-state index in [-0.39, 0.29) is 24.0 Å². The van der Waals surface area contributed by atoms with Gasteiger partial charge in [-0.25, -0.2) is 4.99 Å². The normalized spacial score (nSPS) is 11.6. The van der Waals surface area contributed by atoms with Gasteiger partial charge in [0.2, 0.25) is 0 Å². The van der Waals surface area contributed by atoms with Crippen LogP contribution in [0, 0.1) is 5.41 Å². The molecule has 0 fully saturated rings. The molecule has 0 heterocycles. The summed E-state index contributed by atoms with van der Waals surface area (Å²) in [6, 6.07) is 5.76. The van der Waals surface area contributed by atoms with Crippen molar-refractivity contribution in [3.63, 3.8) is 0 Å². The lowest BCUT2D eigenvalue weighted by atomic mass is 9.80. The SMILES string of the molecule is CCC(CC)(CC)CNC(N)=NCc1ccc(OC)c(OC)c1.I. The Kier molecular flexibility index (Phi) is 10.8. The number of nitrogens with one attached hydrogen (secondary N) is 1. The number of methoxy groups -OCH3 is 2. The molecule has 0 aliphatic heterocycles. The minimum atomic E-state index is 0. The molecule has 0 atom stereocenters. The van der Waals surface area contributed by atoms with Crippen molar-refractivity contribution < 1.29 is 9.47 Å². The number of aliphatic imine (C=N–C) groups is 1. The molecule has 3 N–H and O–H groups in total. The molecular formula is C18H32IN3O2. The van der Waals surface area contributed by atoms with Crippen molar-refractivity contribution >= 4 is 29.9 Å². The summed E-state index contributed by atoms with van der Waals surface area (Å²) >= 11 is 0. The van der Waals surface area contributed by atoms with Gasteiger partial charge in [0.05, 0.1) is 20.8 Å². The molecule has 0 bridgehead atoms. The van der Waals surface area contributed by atoms with Crippen LogP contribution in [0.4, 0.5) is 0 Å². The fraction of sp³-hybridized carbons (Fsp3) is 0.611. The molecule has 0 saturated heterocycles. The second kappa shape index (κ2) is 11.4. The van der Waals surface area contributed by atoms with Crippen LogP contribution in [0.15, 0.2) is 23.2 Å². The first-order valence-electron chi connectivity index (χ1n) is 8.28. The zero-order valence-electron chi connectivity index (χ0n) is 15.5. The van der Waals surface area contributed by atoms with Crippen molar-refractivity contribution in [1.29, 1.82) is 0 Å². The minimum Gasteiger partial charge on any atom is -0.493 e. The lowest BCUT2D eigenvalue weighted by Gasteiger charge is -2.30. The van der Waals surface area contributed by atoms with E-state index in [9.17, 15) is 0 Å².